The summed E-state index contributed by atoms with van der Waals surface area (Å²) >= 11 is 1.56. The Kier molecular flexibility index (Phi) is 2.59. The van der Waals surface area contributed by atoms with Crippen LogP contribution >= 0.6 is 11.5 Å². The Morgan fingerprint density at radius 1 is 1.31 bits per heavy atom. The molecule has 5 heteroatoms. The standard InChI is InChI=1S/C11H18N4S/c1-7-13-11(16-14-7)15-9-3-4-10(15)6-8(5-9)12-2/h8-10,12H,3-6H2,1-2H3. The van der Waals surface area contributed by atoms with Gasteiger partial charge in [0.25, 0.3) is 0 Å². The Morgan fingerprint density at radius 2 is 2.00 bits per heavy atom. The number of hydrogen-bond acceptors (Lipinski definition) is 5. The summed E-state index contributed by atoms with van der Waals surface area (Å²) in [7, 11) is 2.08. The van der Waals surface area contributed by atoms with Crippen molar-refractivity contribution in [2.24, 2.45) is 0 Å². The van der Waals surface area contributed by atoms with Crippen LogP contribution in [-0.4, -0.2) is 34.5 Å². The van der Waals surface area contributed by atoms with E-state index in [1.807, 2.05) is 6.92 Å². The van der Waals surface area contributed by atoms with Crippen LogP contribution in [0.2, 0.25) is 0 Å². The normalized spacial score (nSPS) is 33.4. The van der Waals surface area contributed by atoms with Crippen LogP contribution in [-0.2, 0) is 0 Å². The molecule has 1 aromatic rings. The summed E-state index contributed by atoms with van der Waals surface area (Å²) < 4.78 is 4.30. The maximum Gasteiger partial charge on any atom is 0.205 e. The van der Waals surface area contributed by atoms with E-state index in [-0.39, 0.29) is 0 Å². The summed E-state index contributed by atoms with van der Waals surface area (Å²) in [6.07, 6.45) is 5.15. The van der Waals surface area contributed by atoms with Crippen molar-refractivity contribution < 1.29 is 0 Å². The molecule has 4 nitrogen and oxygen atoms in total. The molecule has 2 bridgehead atoms. The van der Waals surface area contributed by atoms with Gasteiger partial charge < -0.3 is 10.2 Å². The van der Waals surface area contributed by atoms with Gasteiger partial charge in [0.2, 0.25) is 5.13 Å². The van der Waals surface area contributed by atoms with Crippen LogP contribution in [0.25, 0.3) is 0 Å². The molecule has 88 valence electrons. The van der Waals surface area contributed by atoms with Crippen LogP contribution in [0.15, 0.2) is 0 Å². The summed E-state index contributed by atoms with van der Waals surface area (Å²) in [6, 6.07) is 2.06. The van der Waals surface area contributed by atoms with Gasteiger partial charge in [-0.15, -0.1) is 0 Å². The van der Waals surface area contributed by atoms with E-state index >= 15 is 0 Å². The summed E-state index contributed by atoms with van der Waals surface area (Å²) in [4.78, 5) is 7.07. The van der Waals surface area contributed by atoms with E-state index in [0.29, 0.717) is 18.1 Å². The minimum Gasteiger partial charge on any atom is -0.341 e. The maximum absolute atomic E-state index is 4.54. The van der Waals surface area contributed by atoms with Gasteiger partial charge in [-0.05, 0) is 39.7 Å². The third kappa shape index (κ3) is 1.62. The van der Waals surface area contributed by atoms with Crippen molar-refractivity contribution in [2.45, 2.75) is 50.7 Å². The molecule has 2 atom stereocenters. The number of rotatable bonds is 2. The monoisotopic (exact) mass is 238 g/mol. The zero-order valence-electron chi connectivity index (χ0n) is 9.81. The zero-order valence-corrected chi connectivity index (χ0v) is 10.6. The number of hydrogen-bond donors (Lipinski definition) is 1. The van der Waals surface area contributed by atoms with Crippen LogP contribution in [0.3, 0.4) is 0 Å². The third-order valence-electron chi connectivity index (χ3n) is 3.88. The van der Waals surface area contributed by atoms with Crippen LogP contribution in [0.4, 0.5) is 5.13 Å². The maximum atomic E-state index is 4.54. The SMILES string of the molecule is CNC1CC2CCC(C1)N2c1nc(C)ns1. The highest BCUT2D eigenvalue weighted by Crippen LogP contribution is 2.39. The number of nitrogens with one attached hydrogen (secondary N) is 1. The molecule has 0 amide bonds. The number of piperidine rings is 1. The van der Waals surface area contributed by atoms with E-state index in [4.69, 9.17) is 0 Å². The van der Waals surface area contributed by atoms with Crippen LogP contribution < -0.4 is 10.2 Å². The highest BCUT2D eigenvalue weighted by molar-refractivity contribution is 7.09. The van der Waals surface area contributed by atoms with Gasteiger partial charge in [0.15, 0.2) is 0 Å². The van der Waals surface area contributed by atoms with Crippen LogP contribution in [0, 0.1) is 6.92 Å². The molecule has 0 radical (unpaired) electrons. The Labute approximate surface area is 100 Å². The van der Waals surface area contributed by atoms with Crippen molar-refractivity contribution >= 4 is 16.7 Å². The fourth-order valence-electron chi connectivity index (χ4n) is 3.12. The van der Waals surface area contributed by atoms with E-state index in [1.165, 1.54) is 25.7 Å². The van der Waals surface area contributed by atoms with Gasteiger partial charge in [-0.2, -0.15) is 4.37 Å². The molecule has 2 unspecified atom stereocenters. The summed E-state index contributed by atoms with van der Waals surface area (Å²) in [5, 5.41) is 4.56. The molecule has 2 aliphatic heterocycles. The van der Waals surface area contributed by atoms with Gasteiger partial charge >= 0.3 is 0 Å². The van der Waals surface area contributed by atoms with Gasteiger partial charge in [0.05, 0.1) is 0 Å². The zero-order chi connectivity index (χ0) is 11.1. The van der Waals surface area contributed by atoms with Gasteiger partial charge in [0, 0.05) is 29.7 Å². The predicted molar refractivity (Wildman–Crippen MR) is 66.0 cm³/mol. The molecule has 2 saturated heterocycles. The second kappa shape index (κ2) is 3.96. The minimum absolute atomic E-state index is 0.684. The average Bonchev–Trinajstić information content (AvgIpc) is 2.80. The van der Waals surface area contributed by atoms with Crippen molar-refractivity contribution in [3.8, 4) is 0 Å². The first-order valence-corrected chi connectivity index (χ1v) is 6.81. The molecular weight excluding hydrogens is 220 g/mol. The van der Waals surface area contributed by atoms with Gasteiger partial charge in [-0.25, -0.2) is 4.98 Å². The molecule has 0 saturated carbocycles. The molecule has 1 N–H and O–H groups in total. The Balaban J connectivity index is 1.83. The molecule has 0 spiro atoms. The first-order valence-electron chi connectivity index (χ1n) is 6.04. The van der Waals surface area contributed by atoms with E-state index in [9.17, 15) is 0 Å². The molecule has 0 aromatic carbocycles. The molecule has 3 heterocycles. The average molecular weight is 238 g/mol. The smallest absolute Gasteiger partial charge is 0.205 e. The molecular formula is C11H18N4S. The second-order valence-electron chi connectivity index (χ2n) is 4.87. The highest BCUT2D eigenvalue weighted by Gasteiger charge is 2.41. The van der Waals surface area contributed by atoms with E-state index in [1.54, 1.807) is 11.5 Å². The fraction of sp³-hybridized carbons (Fsp3) is 0.818. The summed E-state index contributed by atoms with van der Waals surface area (Å²) in [5.74, 6) is 0.912. The molecule has 2 aliphatic rings. The molecule has 16 heavy (non-hydrogen) atoms. The molecule has 1 aromatic heterocycles. The lowest BCUT2D eigenvalue weighted by Crippen LogP contribution is -2.48. The van der Waals surface area contributed by atoms with Crippen molar-refractivity contribution in [1.29, 1.82) is 0 Å². The largest absolute Gasteiger partial charge is 0.341 e. The molecule has 2 fully saturated rings. The minimum atomic E-state index is 0.684. The summed E-state index contributed by atoms with van der Waals surface area (Å²) in [5.41, 5.74) is 0. The van der Waals surface area contributed by atoms with Gasteiger partial charge in [-0.1, -0.05) is 0 Å². The lowest BCUT2D eigenvalue weighted by atomic mass is 9.98. The third-order valence-corrected chi connectivity index (χ3v) is 4.70. The van der Waals surface area contributed by atoms with Gasteiger partial charge in [-0.3, -0.25) is 0 Å². The summed E-state index contributed by atoms with van der Waals surface area (Å²) in [6.45, 7) is 1.97. The van der Waals surface area contributed by atoms with E-state index in [0.717, 1.165) is 11.0 Å². The van der Waals surface area contributed by atoms with Crippen molar-refractivity contribution in [3.63, 3.8) is 0 Å². The number of aromatic nitrogens is 2. The highest BCUT2D eigenvalue weighted by atomic mass is 32.1. The predicted octanol–water partition coefficient (Wildman–Crippen LogP) is 1.57. The lowest BCUT2D eigenvalue weighted by molar-refractivity contribution is 0.373. The number of nitrogens with zero attached hydrogens (tertiary/aromatic N) is 3. The first-order chi connectivity index (χ1) is 7.78. The Bertz CT molecular complexity index is 364. The second-order valence-corrected chi connectivity index (χ2v) is 5.60. The number of fused-ring (bicyclic) bond motifs is 2. The van der Waals surface area contributed by atoms with E-state index < -0.39 is 0 Å². The van der Waals surface area contributed by atoms with E-state index in [2.05, 4.69) is 26.6 Å². The van der Waals surface area contributed by atoms with Gasteiger partial charge in [0.1, 0.15) is 5.82 Å². The Morgan fingerprint density at radius 3 is 2.50 bits per heavy atom. The Hall–Kier alpha value is -0.680. The quantitative estimate of drug-likeness (QED) is 0.849. The fourth-order valence-corrected chi connectivity index (χ4v) is 3.94. The van der Waals surface area contributed by atoms with Crippen LogP contribution in [0.1, 0.15) is 31.5 Å². The molecule has 0 aliphatic carbocycles. The number of aryl methyl sites for hydroxylation is 1. The van der Waals surface area contributed by atoms with Crippen LogP contribution in [0.5, 0.6) is 0 Å². The lowest BCUT2D eigenvalue weighted by Gasteiger charge is -2.38. The van der Waals surface area contributed by atoms with Crippen molar-refractivity contribution in [3.05, 3.63) is 5.82 Å². The first kappa shape index (κ1) is 10.5. The topological polar surface area (TPSA) is 41.0 Å². The molecule has 3 rings (SSSR count). The number of anilines is 1. The van der Waals surface area contributed by atoms with Crippen molar-refractivity contribution in [2.75, 3.05) is 11.9 Å². The van der Waals surface area contributed by atoms with Crippen molar-refractivity contribution in [1.82, 2.24) is 14.7 Å².